The van der Waals surface area contributed by atoms with Crippen LogP contribution >= 0.6 is 0 Å². The van der Waals surface area contributed by atoms with E-state index in [0.29, 0.717) is 0 Å². The summed E-state index contributed by atoms with van der Waals surface area (Å²) in [5.74, 6) is 0. The minimum Gasteiger partial charge on any atom is -0.426 e. The molecular formula is C14H32BNO2. The molecule has 3 nitrogen and oxygen atoms in total. The molecule has 0 aromatic heterocycles. The van der Waals surface area contributed by atoms with Crippen molar-refractivity contribution in [3.05, 3.63) is 0 Å². The maximum absolute atomic E-state index is 8.62. The van der Waals surface area contributed by atoms with E-state index in [2.05, 4.69) is 12.2 Å². The fourth-order valence-electron chi connectivity index (χ4n) is 2.15. The number of hydrogen-bond acceptors (Lipinski definition) is 3. The molecule has 18 heavy (non-hydrogen) atoms. The lowest BCUT2D eigenvalue weighted by molar-refractivity contribution is 0.398. The van der Waals surface area contributed by atoms with Gasteiger partial charge < -0.3 is 15.4 Å². The average Bonchev–Trinajstić information content (AvgIpc) is 2.34. The minimum absolute atomic E-state index is 0.289. The number of nitrogens with one attached hydrogen (secondary N) is 1. The van der Waals surface area contributed by atoms with Gasteiger partial charge in [0.1, 0.15) is 0 Å². The monoisotopic (exact) mass is 257 g/mol. The van der Waals surface area contributed by atoms with Gasteiger partial charge in [0.25, 0.3) is 0 Å². The van der Waals surface area contributed by atoms with E-state index in [-0.39, 0.29) is 6.44 Å². The summed E-state index contributed by atoms with van der Waals surface area (Å²) >= 11 is 0. The zero-order valence-electron chi connectivity index (χ0n) is 12.2. The van der Waals surface area contributed by atoms with E-state index in [1.165, 1.54) is 64.2 Å². The molecule has 0 amide bonds. The van der Waals surface area contributed by atoms with Gasteiger partial charge in [-0.1, -0.05) is 71.1 Å². The highest BCUT2D eigenvalue weighted by Gasteiger charge is 2.03. The summed E-state index contributed by atoms with van der Waals surface area (Å²) in [6.45, 7) is 3.16. The standard InChI is InChI=1S/C14H32BNO2/c1-2-3-4-5-6-7-8-9-10-11-12-13-16-14-15(17)18/h16-18H,2-14H2,1H3. The third-order valence-corrected chi connectivity index (χ3v) is 3.28. The summed E-state index contributed by atoms with van der Waals surface area (Å²) in [6.07, 6.45) is 15.1. The maximum atomic E-state index is 8.62. The van der Waals surface area contributed by atoms with Gasteiger partial charge in [-0.15, -0.1) is 0 Å². The normalized spacial score (nSPS) is 10.8. The number of rotatable bonds is 14. The van der Waals surface area contributed by atoms with E-state index in [9.17, 15) is 0 Å². The van der Waals surface area contributed by atoms with Gasteiger partial charge in [-0.05, 0) is 13.0 Å². The molecule has 108 valence electrons. The van der Waals surface area contributed by atoms with Crippen LogP contribution in [-0.4, -0.2) is 30.2 Å². The van der Waals surface area contributed by atoms with Crippen LogP contribution < -0.4 is 5.32 Å². The van der Waals surface area contributed by atoms with Crippen molar-refractivity contribution < 1.29 is 10.0 Å². The van der Waals surface area contributed by atoms with Crippen molar-refractivity contribution in [1.82, 2.24) is 5.32 Å². The smallest absolute Gasteiger partial charge is 0.426 e. The Morgan fingerprint density at radius 3 is 1.61 bits per heavy atom. The molecular weight excluding hydrogens is 225 g/mol. The van der Waals surface area contributed by atoms with Crippen LogP contribution in [0.25, 0.3) is 0 Å². The zero-order valence-corrected chi connectivity index (χ0v) is 12.2. The molecule has 0 aliphatic carbocycles. The first-order chi connectivity index (χ1) is 8.77. The van der Waals surface area contributed by atoms with Gasteiger partial charge in [0.05, 0.1) is 0 Å². The molecule has 0 saturated carbocycles. The van der Waals surface area contributed by atoms with Crippen molar-refractivity contribution in [3.63, 3.8) is 0 Å². The van der Waals surface area contributed by atoms with Crippen LogP contribution in [0.5, 0.6) is 0 Å². The van der Waals surface area contributed by atoms with Gasteiger partial charge in [0.15, 0.2) is 0 Å². The third kappa shape index (κ3) is 15.9. The predicted molar refractivity (Wildman–Crippen MR) is 79.5 cm³/mol. The SMILES string of the molecule is CCCCCCCCCCCCCNCB(O)O. The number of hydrogen-bond donors (Lipinski definition) is 3. The lowest BCUT2D eigenvalue weighted by Gasteiger charge is -2.04. The van der Waals surface area contributed by atoms with Crippen LogP contribution in [0.3, 0.4) is 0 Å². The fraction of sp³-hybridized carbons (Fsp3) is 1.00. The molecule has 4 heteroatoms. The van der Waals surface area contributed by atoms with Crippen molar-refractivity contribution in [1.29, 1.82) is 0 Å². The Bertz CT molecular complexity index is 157. The van der Waals surface area contributed by atoms with Crippen molar-refractivity contribution in [2.24, 2.45) is 0 Å². The second kappa shape index (κ2) is 15.0. The Morgan fingerprint density at radius 2 is 1.17 bits per heavy atom. The summed E-state index contributed by atoms with van der Waals surface area (Å²) in [6, 6.07) is 0. The van der Waals surface area contributed by atoms with Gasteiger partial charge in [-0.2, -0.15) is 0 Å². The molecule has 0 bridgehead atoms. The van der Waals surface area contributed by atoms with E-state index in [1.807, 2.05) is 0 Å². The molecule has 0 rings (SSSR count). The Balaban J connectivity index is 2.90. The molecule has 0 spiro atoms. The van der Waals surface area contributed by atoms with Gasteiger partial charge in [-0.25, -0.2) is 0 Å². The molecule has 0 aromatic carbocycles. The fourth-order valence-corrected chi connectivity index (χ4v) is 2.15. The van der Waals surface area contributed by atoms with Crippen LogP contribution in [-0.2, 0) is 0 Å². The molecule has 3 N–H and O–H groups in total. The highest BCUT2D eigenvalue weighted by Crippen LogP contribution is 2.10. The highest BCUT2D eigenvalue weighted by molar-refractivity contribution is 6.41. The Hall–Kier alpha value is -0.0551. The quantitative estimate of drug-likeness (QED) is 0.331. The van der Waals surface area contributed by atoms with Gasteiger partial charge in [0.2, 0.25) is 0 Å². The first kappa shape index (κ1) is 17.9. The summed E-state index contributed by atoms with van der Waals surface area (Å²) in [5, 5.41) is 20.3. The van der Waals surface area contributed by atoms with Crippen LogP contribution in [0.15, 0.2) is 0 Å². The van der Waals surface area contributed by atoms with E-state index in [1.54, 1.807) is 0 Å². The second-order valence-corrected chi connectivity index (χ2v) is 5.22. The Morgan fingerprint density at radius 1 is 0.722 bits per heavy atom. The van der Waals surface area contributed by atoms with E-state index >= 15 is 0 Å². The van der Waals surface area contributed by atoms with Crippen molar-refractivity contribution in [2.75, 3.05) is 13.0 Å². The lowest BCUT2D eigenvalue weighted by Crippen LogP contribution is -2.31. The van der Waals surface area contributed by atoms with Crippen molar-refractivity contribution in [2.45, 2.75) is 77.6 Å². The molecule has 0 saturated heterocycles. The Kier molecular flexibility index (Phi) is 15.0. The number of unbranched alkanes of at least 4 members (excludes halogenated alkanes) is 10. The molecule has 0 aliphatic heterocycles. The van der Waals surface area contributed by atoms with Crippen LogP contribution in [0.1, 0.15) is 77.6 Å². The molecule has 0 radical (unpaired) electrons. The largest absolute Gasteiger partial charge is 0.466 e. The lowest BCUT2D eigenvalue weighted by atomic mass is 9.92. The molecule has 0 unspecified atom stereocenters. The van der Waals surface area contributed by atoms with E-state index in [4.69, 9.17) is 10.0 Å². The zero-order chi connectivity index (χ0) is 13.5. The third-order valence-electron chi connectivity index (χ3n) is 3.28. The first-order valence-corrected chi connectivity index (χ1v) is 7.84. The topological polar surface area (TPSA) is 52.5 Å². The summed E-state index contributed by atoms with van der Waals surface area (Å²) in [4.78, 5) is 0. The van der Waals surface area contributed by atoms with E-state index in [0.717, 1.165) is 13.0 Å². The molecule has 0 atom stereocenters. The maximum Gasteiger partial charge on any atom is 0.466 e. The van der Waals surface area contributed by atoms with Crippen molar-refractivity contribution >= 4 is 7.12 Å². The van der Waals surface area contributed by atoms with Crippen LogP contribution in [0.2, 0.25) is 0 Å². The summed E-state index contributed by atoms with van der Waals surface area (Å²) < 4.78 is 0. The van der Waals surface area contributed by atoms with Gasteiger partial charge in [-0.3, -0.25) is 0 Å². The van der Waals surface area contributed by atoms with Crippen LogP contribution in [0.4, 0.5) is 0 Å². The van der Waals surface area contributed by atoms with Gasteiger partial charge >= 0.3 is 7.12 Å². The first-order valence-electron chi connectivity index (χ1n) is 7.84. The Labute approximate surface area is 114 Å². The summed E-state index contributed by atoms with van der Waals surface area (Å²) in [5.41, 5.74) is 0. The van der Waals surface area contributed by atoms with Crippen LogP contribution in [0, 0.1) is 0 Å². The molecule has 0 heterocycles. The van der Waals surface area contributed by atoms with Crippen molar-refractivity contribution in [3.8, 4) is 0 Å². The molecule has 0 aliphatic rings. The molecule has 0 fully saturated rings. The molecule has 0 aromatic rings. The summed E-state index contributed by atoms with van der Waals surface area (Å²) in [7, 11) is -1.21. The minimum atomic E-state index is -1.21. The highest BCUT2D eigenvalue weighted by atomic mass is 16.4. The second-order valence-electron chi connectivity index (χ2n) is 5.22. The average molecular weight is 257 g/mol. The van der Waals surface area contributed by atoms with Gasteiger partial charge in [0, 0.05) is 6.44 Å². The predicted octanol–water partition coefficient (Wildman–Crippen LogP) is 2.90. The van der Waals surface area contributed by atoms with E-state index < -0.39 is 7.12 Å².